The van der Waals surface area contributed by atoms with E-state index in [4.69, 9.17) is 0 Å². The number of nitrogens with one attached hydrogen (secondary N) is 4. The Morgan fingerprint density at radius 3 is 2.65 bits per heavy atom. The Morgan fingerprint density at radius 1 is 1.09 bits per heavy atom. The van der Waals surface area contributed by atoms with Crippen LogP contribution in [0.25, 0.3) is 5.65 Å². The van der Waals surface area contributed by atoms with Gasteiger partial charge in [0.2, 0.25) is 0 Å². The van der Waals surface area contributed by atoms with Gasteiger partial charge in [0.1, 0.15) is 5.82 Å². The third kappa shape index (κ3) is 4.71. The summed E-state index contributed by atoms with van der Waals surface area (Å²) in [6.07, 6.45) is 1.22. The molecule has 4 N–H and O–H groups in total. The molecule has 1 atom stereocenters. The quantitative estimate of drug-likeness (QED) is 0.446. The van der Waals surface area contributed by atoms with Crippen LogP contribution in [-0.2, 0) is 6.18 Å². The summed E-state index contributed by atoms with van der Waals surface area (Å²) < 4.78 is 43.6. The number of carbonyl (C=O) groups is 1. The van der Waals surface area contributed by atoms with Crippen LogP contribution in [0.4, 0.5) is 24.7 Å². The van der Waals surface area contributed by atoms with Crippen molar-refractivity contribution < 1.29 is 18.0 Å². The maximum atomic E-state index is 13.7. The van der Waals surface area contributed by atoms with Crippen LogP contribution in [0.15, 0.2) is 24.5 Å². The summed E-state index contributed by atoms with van der Waals surface area (Å²) in [4.78, 5) is 17.2. The van der Waals surface area contributed by atoms with Crippen molar-refractivity contribution in [2.24, 2.45) is 0 Å². The fourth-order valence-electron chi connectivity index (χ4n) is 4.43. The Morgan fingerprint density at radius 2 is 1.91 bits per heavy atom. The van der Waals surface area contributed by atoms with Crippen LogP contribution < -0.4 is 21.3 Å². The highest BCUT2D eigenvalue weighted by Crippen LogP contribution is 2.35. The number of nitrogens with zero attached hydrogens (tertiary/aromatic N) is 5. The smallest absolute Gasteiger partial charge is 0.365 e. The third-order valence-corrected chi connectivity index (χ3v) is 6.18. The number of amides is 1. The monoisotopic (exact) mass is 477 g/mol. The highest BCUT2D eigenvalue weighted by Gasteiger charge is 2.39. The molecule has 3 aromatic heterocycles. The molecule has 34 heavy (non-hydrogen) atoms. The number of imidazole rings is 1. The number of hydrogen-bond acceptors (Lipinski definition) is 7. The van der Waals surface area contributed by atoms with E-state index in [1.54, 1.807) is 12.1 Å². The minimum atomic E-state index is -4.70. The van der Waals surface area contributed by atoms with Crippen LogP contribution in [0.3, 0.4) is 0 Å². The molecule has 0 bridgehead atoms. The van der Waals surface area contributed by atoms with Crippen LogP contribution >= 0.6 is 0 Å². The topological polar surface area (TPSA) is 113 Å². The normalized spacial score (nSPS) is 19.9. The lowest BCUT2D eigenvalue weighted by atomic mass is 10.1. The number of alkyl halides is 3. The van der Waals surface area contributed by atoms with E-state index in [1.807, 2.05) is 0 Å². The van der Waals surface area contributed by atoms with Gasteiger partial charge in [-0.15, -0.1) is 5.10 Å². The lowest BCUT2D eigenvalue weighted by Crippen LogP contribution is -2.38. The van der Waals surface area contributed by atoms with Crippen molar-refractivity contribution in [3.63, 3.8) is 0 Å². The van der Waals surface area contributed by atoms with Gasteiger partial charge in [0.15, 0.2) is 17.0 Å². The number of anilines is 2. The highest BCUT2D eigenvalue weighted by molar-refractivity contribution is 6.03. The minimum Gasteiger partial charge on any atom is -0.365 e. The molecule has 0 aliphatic carbocycles. The fraction of sp³-hybridized carbons (Fsp3) is 0.524. The molecule has 5 rings (SSSR count). The van der Waals surface area contributed by atoms with Crippen LogP contribution in [0.5, 0.6) is 0 Å². The SMILES string of the molecule is O=C(Nc1cn(C2CCNCC2)nc1C(F)(F)F)c1cnc2ccc(N[C@@H]3CCCNC3)nn12. The molecule has 0 saturated carbocycles. The van der Waals surface area contributed by atoms with Gasteiger partial charge < -0.3 is 21.3 Å². The van der Waals surface area contributed by atoms with Crippen LogP contribution in [0.2, 0.25) is 0 Å². The Labute approximate surface area is 193 Å². The Balaban J connectivity index is 1.39. The summed E-state index contributed by atoms with van der Waals surface area (Å²) in [6, 6.07) is 3.52. The van der Waals surface area contributed by atoms with E-state index >= 15 is 0 Å². The first kappa shape index (κ1) is 22.6. The first-order chi connectivity index (χ1) is 16.4. The Bertz CT molecular complexity index is 1160. The van der Waals surface area contributed by atoms with Crippen LogP contribution in [0, 0.1) is 0 Å². The predicted molar refractivity (Wildman–Crippen MR) is 119 cm³/mol. The Hall–Kier alpha value is -3.19. The molecule has 0 unspecified atom stereocenters. The zero-order chi connectivity index (χ0) is 23.7. The Kier molecular flexibility index (Phi) is 6.13. The van der Waals surface area contributed by atoms with Crippen molar-refractivity contribution in [1.82, 2.24) is 35.0 Å². The summed E-state index contributed by atoms with van der Waals surface area (Å²) in [7, 11) is 0. The molecule has 0 radical (unpaired) electrons. The molecule has 2 aliphatic rings. The van der Waals surface area contributed by atoms with Gasteiger partial charge in [-0.25, -0.2) is 9.50 Å². The van der Waals surface area contributed by atoms with Gasteiger partial charge in [-0.3, -0.25) is 9.48 Å². The summed E-state index contributed by atoms with van der Waals surface area (Å²) in [5.41, 5.74) is -1.05. The fourth-order valence-corrected chi connectivity index (χ4v) is 4.43. The van der Waals surface area contributed by atoms with Gasteiger partial charge in [0.05, 0.1) is 17.9 Å². The van der Waals surface area contributed by atoms with Gasteiger partial charge >= 0.3 is 6.18 Å². The molecular formula is C21H26F3N9O. The molecule has 3 aromatic rings. The molecule has 5 heterocycles. The number of hydrogen-bond donors (Lipinski definition) is 4. The van der Waals surface area contributed by atoms with Crippen LogP contribution in [-0.4, -0.2) is 62.5 Å². The van der Waals surface area contributed by atoms with Gasteiger partial charge in [0, 0.05) is 18.8 Å². The van der Waals surface area contributed by atoms with Crippen molar-refractivity contribution >= 4 is 23.1 Å². The second kappa shape index (κ2) is 9.22. The van der Waals surface area contributed by atoms with Crippen molar-refractivity contribution in [3.8, 4) is 0 Å². The van der Waals surface area contributed by atoms with E-state index < -0.39 is 17.8 Å². The summed E-state index contributed by atoms with van der Waals surface area (Å²) in [5, 5.41) is 20.4. The minimum absolute atomic E-state index is 0.0307. The number of piperidine rings is 2. The van der Waals surface area contributed by atoms with Gasteiger partial charge in [0.25, 0.3) is 5.91 Å². The summed E-state index contributed by atoms with van der Waals surface area (Å²) >= 11 is 0. The van der Waals surface area contributed by atoms with Gasteiger partial charge in [-0.05, 0) is 57.5 Å². The maximum absolute atomic E-state index is 13.7. The summed E-state index contributed by atoms with van der Waals surface area (Å²) in [6.45, 7) is 3.19. The highest BCUT2D eigenvalue weighted by atomic mass is 19.4. The van der Waals surface area contributed by atoms with E-state index in [-0.39, 0.29) is 23.5 Å². The number of rotatable bonds is 5. The van der Waals surface area contributed by atoms with E-state index in [2.05, 4.69) is 36.4 Å². The van der Waals surface area contributed by atoms with E-state index in [9.17, 15) is 18.0 Å². The zero-order valence-electron chi connectivity index (χ0n) is 18.4. The molecule has 0 spiro atoms. The molecule has 10 nitrogen and oxygen atoms in total. The summed E-state index contributed by atoms with van der Waals surface area (Å²) in [5.74, 6) is -0.185. The molecule has 2 fully saturated rings. The van der Waals surface area contributed by atoms with Crippen LogP contribution in [0.1, 0.15) is 47.9 Å². The molecule has 182 valence electrons. The lowest BCUT2D eigenvalue weighted by molar-refractivity contribution is -0.140. The van der Waals surface area contributed by atoms with E-state index in [1.165, 1.54) is 21.6 Å². The molecule has 2 saturated heterocycles. The van der Waals surface area contributed by atoms with Crippen molar-refractivity contribution in [2.45, 2.75) is 43.9 Å². The van der Waals surface area contributed by atoms with E-state index in [0.717, 1.165) is 25.9 Å². The lowest BCUT2D eigenvalue weighted by Gasteiger charge is -2.24. The average Bonchev–Trinajstić information content (AvgIpc) is 3.44. The predicted octanol–water partition coefficient (Wildman–Crippen LogP) is 2.29. The van der Waals surface area contributed by atoms with Gasteiger partial charge in [-0.1, -0.05) is 0 Å². The van der Waals surface area contributed by atoms with Crippen molar-refractivity contribution in [2.75, 3.05) is 36.8 Å². The largest absolute Gasteiger partial charge is 0.437 e. The maximum Gasteiger partial charge on any atom is 0.437 e. The first-order valence-corrected chi connectivity index (χ1v) is 11.4. The van der Waals surface area contributed by atoms with Crippen molar-refractivity contribution in [1.29, 1.82) is 0 Å². The third-order valence-electron chi connectivity index (χ3n) is 6.18. The first-order valence-electron chi connectivity index (χ1n) is 11.4. The van der Waals surface area contributed by atoms with Gasteiger partial charge in [-0.2, -0.15) is 18.3 Å². The number of fused-ring (bicyclic) bond motifs is 1. The number of aromatic nitrogens is 5. The second-order valence-electron chi connectivity index (χ2n) is 8.62. The number of carbonyl (C=O) groups excluding carboxylic acids is 1. The molecule has 1 amide bonds. The average molecular weight is 477 g/mol. The van der Waals surface area contributed by atoms with Crippen molar-refractivity contribution in [3.05, 3.63) is 35.9 Å². The molecule has 0 aromatic carbocycles. The number of halogens is 3. The molecular weight excluding hydrogens is 451 g/mol. The molecule has 2 aliphatic heterocycles. The van der Waals surface area contributed by atoms with E-state index in [0.29, 0.717) is 37.4 Å². The zero-order valence-corrected chi connectivity index (χ0v) is 18.4. The second-order valence-corrected chi connectivity index (χ2v) is 8.62. The standard InChI is InChI=1S/C21H26F3N9O/c22-21(23,24)19-15(12-32(31-19)14-5-8-25-9-6-14)29-20(34)16-11-27-18-4-3-17(30-33(16)18)28-13-2-1-7-26-10-13/h3-4,11-14,25-26H,1-2,5-10H2,(H,28,30)(H,29,34)/t13-/m1/s1. The molecule has 13 heteroatoms.